The van der Waals surface area contributed by atoms with Crippen LogP contribution in [0.1, 0.15) is 37.4 Å². The van der Waals surface area contributed by atoms with E-state index in [4.69, 9.17) is 25.9 Å². The molecule has 1 aliphatic heterocycles. The second-order valence-electron chi connectivity index (χ2n) is 7.68. The molecule has 31 heavy (non-hydrogen) atoms. The van der Waals surface area contributed by atoms with Gasteiger partial charge < -0.3 is 30.0 Å². The third-order valence-electron chi connectivity index (χ3n) is 5.38. The van der Waals surface area contributed by atoms with Gasteiger partial charge in [-0.2, -0.15) is 5.10 Å². The zero-order valence-corrected chi connectivity index (χ0v) is 18.3. The van der Waals surface area contributed by atoms with E-state index in [1.165, 1.54) is 6.07 Å². The highest BCUT2D eigenvalue weighted by molar-refractivity contribution is 5.98. The van der Waals surface area contributed by atoms with Gasteiger partial charge in [0, 0.05) is 38.4 Å². The van der Waals surface area contributed by atoms with Crippen LogP contribution in [0.5, 0.6) is 11.6 Å². The van der Waals surface area contributed by atoms with Crippen molar-refractivity contribution in [1.82, 2.24) is 15.0 Å². The summed E-state index contributed by atoms with van der Waals surface area (Å²) in [6, 6.07) is 3.59. The Morgan fingerprint density at radius 2 is 2.13 bits per heavy atom. The first kappa shape index (κ1) is 22.6. The van der Waals surface area contributed by atoms with E-state index < -0.39 is 0 Å². The molecule has 0 aromatic carbocycles. The third kappa shape index (κ3) is 4.49. The smallest absolute Gasteiger partial charge is 0.257 e. The van der Waals surface area contributed by atoms with Gasteiger partial charge in [-0.15, -0.1) is 0 Å². The number of pyridine rings is 2. The fourth-order valence-corrected chi connectivity index (χ4v) is 3.79. The number of methoxy groups -OCH3 is 2. The zero-order valence-electron chi connectivity index (χ0n) is 18.3. The highest BCUT2D eigenvalue weighted by Gasteiger charge is 2.30. The van der Waals surface area contributed by atoms with Crippen molar-refractivity contribution in [2.75, 3.05) is 27.4 Å². The van der Waals surface area contributed by atoms with Crippen LogP contribution in [-0.4, -0.2) is 42.8 Å². The molecule has 0 saturated carbocycles. The first-order chi connectivity index (χ1) is 14.9. The van der Waals surface area contributed by atoms with Gasteiger partial charge in [-0.05, 0) is 24.0 Å². The number of rotatable bonds is 8. The fourth-order valence-electron chi connectivity index (χ4n) is 3.79. The number of hydrazine groups is 1. The molecule has 1 atom stereocenters. The third-order valence-corrected chi connectivity index (χ3v) is 5.38. The lowest BCUT2D eigenvalue weighted by atomic mass is 9.89. The Hall–Kier alpha value is -3.11. The van der Waals surface area contributed by atoms with Crippen LogP contribution in [0.25, 0.3) is 11.4 Å². The van der Waals surface area contributed by atoms with Gasteiger partial charge >= 0.3 is 0 Å². The quantitative estimate of drug-likeness (QED) is 0.186. The van der Waals surface area contributed by atoms with E-state index in [2.05, 4.69) is 29.4 Å². The Labute approximate surface area is 181 Å². The summed E-state index contributed by atoms with van der Waals surface area (Å²) in [4.78, 5) is 17.5. The predicted octanol–water partition coefficient (Wildman–Crippen LogP) is 1.17. The molecule has 0 saturated heterocycles. The van der Waals surface area contributed by atoms with Crippen molar-refractivity contribution in [1.29, 1.82) is 0 Å². The van der Waals surface area contributed by atoms with Crippen LogP contribution in [0.2, 0.25) is 0 Å². The number of ether oxygens (including phenoxy) is 3. The molecule has 10 heteroatoms. The van der Waals surface area contributed by atoms with Crippen molar-refractivity contribution < 1.29 is 14.2 Å². The molecule has 168 valence electrons. The average molecular weight is 431 g/mol. The number of fused-ring (bicyclic) bond motifs is 3. The van der Waals surface area contributed by atoms with Gasteiger partial charge in [0.1, 0.15) is 0 Å². The number of aromatic nitrogens is 2. The van der Waals surface area contributed by atoms with E-state index in [1.54, 1.807) is 20.4 Å². The van der Waals surface area contributed by atoms with E-state index >= 15 is 0 Å². The Kier molecular flexibility index (Phi) is 7.13. The number of hydrogen-bond donors (Lipinski definition) is 3. The minimum atomic E-state index is -0.260. The molecule has 0 amide bonds. The lowest BCUT2D eigenvalue weighted by Crippen LogP contribution is -2.37. The van der Waals surface area contributed by atoms with Gasteiger partial charge in [-0.3, -0.25) is 4.79 Å². The second-order valence-corrected chi connectivity index (χ2v) is 7.68. The summed E-state index contributed by atoms with van der Waals surface area (Å²) < 4.78 is 18.5. The maximum atomic E-state index is 12.8. The molecule has 0 fully saturated rings. The SMILES string of the molecule is COCCCOc1cc2c(nc1OC)-c1cc(=O)c(/C(=N/N)NN)cn1[C@H](C(C)C)C2. The molecular weight excluding hydrogens is 400 g/mol. The maximum absolute atomic E-state index is 12.8. The maximum Gasteiger partial charge on any atom is 0.257 e. The van der Waals surface area contributed by atoms with Crippen molar-refractivity contribution in [3.8, 4) is 23.0 Å². The van der Waals surface area contributed by atoms with Crippen LogP contribution >= 0.6 is 0 Å². The molecule has 1 aliphatic rings. The van der Waals surface area contributed by atoms with Gasteiger partial charge in [0.2, 0.25) is 0 Å². The zero-order chi connectivity index (χ0) is 22.5. The summed E-state index contributed by atoms with van der Waals surface area (Å²) in [7, 11) is 3.20. The van der Waals surface area contributed by atoms with Crippen LogP contribution in [0.4, 0.5) is 0 Å². The molecule has 10 nitrogen and oxygen atoms in total. The first-order valence-electron chi connectivity index (χ1n) is 10.2. The molecule has 0 radical (unpaired) electrons. The Balaban J connectivity index is 2.12. The molecule has 3 rings (SSSR count). The minimum Gasteiger partial charge on any atom is -0.488 e. The van der Waals surface area contributed by atoms with Crippen molar-refractivity contribution >= 4 is 5.84 Å². The van der Waals surface area contributed by atoms with E-state index in [1.807, 2.05) is 10.6 Å². The highest BCUT2D eigenvalue weighted by atomic mass is 16.5. The van der Waals surface area contributed by atoms with E-state index in [9.17, 15) is 4.79 Å². The Morgan fingerprint density at radius 1 is 1.35 bits per heavy atom. The van der Waals surface area contributed by atoms with Crippen LogP contribution < -0.4 is 32.0 Å². The van der Waals surface area contributed by atoms with Gasteiger partial charge in [0.05, 0.1) is 30.7 Å². The predicted molar refractivity (Wildman–Crippen MR) is 118 cm³/mol. The molecule has 3 heterocycles. The Bertz CT molecular complexity index is 1020. The van der Waals surface area contributed by atoms with Crippen LogP contribution in [0.15, 0.2) is 28.2 Å². The van der Waals surface area contributed by atoms with Gasteiger partial charge in [0.15, 0.2) is 17.0 Å². The molecule has 2 aromatic rings. The van der Waals surface area contributed by atoms with E-state index in [-0.39, 0.29) is 17.3 Å². The number of hydrogen-bond acceptors (Lipinski definition) is 8. The summed E-state index contributed by atoms with van der Waals surface area (Å²) in [5, 5.41) is 3.59. The highest BCUT2D eigenvalue weighted by Crippen LogP contribution is 2.40. The normalized spacial score (nSPS) is 15.4. The van der Waals surface area contributed by atoms with Gasteiger partial charge in [0.25, 0.3) is 5.88 Å². The lowest BCUT2D eigenvalue weighted by Gasteiger charge is -2.33. The average Bonchev–Trinajstić information content (AvgIpc) is 2.76. The standard InChI is InChI=1S/C21H30N6O4/c1-12(2)15-8-13-9-18(31-7-5-6-29-3)21(30-4)24-19(13)16-10-17(28)14(11-27(15)16)20(25-22)26-23/h9-12,15H,5-8,22-23H2,1-4H3,(H,25,26)/t15-/m0/s1. The number of nitrogens with one attached hydrogen (secondary N) is 1. The molecule has 0 bridgehead atoms. The van der Waals surface area contributed by atoms with Crippen molar-refractivity contribution in [3.05, 3.63) is 39.7 Å². The number of amidine groups is 1. The summed E-state index contributed by atoms with van der Waals surface area (Å²) >= 11 is 0. The van der Waals surface area contributed by atoms with Crippen LogP contribution in [0, 0.1) is 5.92 Å². The van der Waals surface area contributed by atoms with Gasteiger partial charge in [-0.25, -0.2) is 10.8 Å². The summed E-state index contributed by atoms with van der Waals surface area (Å²) in [6.07, 6.45) is 3.21. The summed E-state index contributed by atoms with van der Waals surface area (Å²) in [5.41, 5.74) is 4.81. The summed E-state index contributed by atoms with van der Waals surface area (Å²) in [5.74, 6) is 12.2. The largest absolute Gasteiger partial charge is 0.488 e. The van der Waals surface area contributed by atoms with Crippen LogP contribution in [0.3, 0.4) is 0 Å². The number of hydrazone groups is 1. The minimum absolute atomic E-state index is 0.0928. The summed E-state index contributed by atoms with van der Waals surface area (Å²) in [6.45, 7) is 5.37. The molecule has 5 N–H and O–H groups in total. The molecule has 2 aromatic heterocycles. The van der Waals surface area contributed by atoms with Crippen LogP contribution in [-0.2, 0) is 11.2 Å². The fraction of sp³-hybridized carbons (Fsp3) is 0.476. The molecule has 0 spiro atoms. The van der Waals surface area contributed by atoms with E-state index in [0.29, 0.717) is 47.7 Å². The molecule has 0 aliphatic carbocycles. The van der Waals surface area contributed by atoms with Gasteiger partial charge in [-0.1, -0.05) is 13.8 Å². The Morgan fingerprint density at radius 3 is 2.74 bits per heavy atom. The van der Waals surface area contributed by atoms with Crippen molar-refractivity contribution in [3.63, 3.8) is 0 Å². The van der Waals surface area contributed by atoms with Crippen molar-refractivity contribution in [2.24, 2.45) is 22.7 Å². The second kappa shape index (κ2) is 9.80. The lowest BCUT2D eigenvalue weighted by molar-refractivity contribution is 0.170. The van der Waals surface area contributed by atoms with E-state index in [0.717, 1.165) is 18.4 Å². The first-order valence-corrected chi connectivity index (χ1v) is 10.2. The monoisotopic (exact) mass is 430 g/mol. The molecule has 0 unspecified atom stereocenters. The number of nitrogens with zero attached hydrogens (tertiary/aromatic N) is 3. The topological polar surface area (TPSA) is 139 Å². The number of nitrogens with two attached hydrogens (primary N) is 2. The van der Waals surface area contributed by atoms with Crippen molar-refractivity contribution in [2.45, 2.75) is 32.7 Å². The molecular formula is C21H30N6O4.